The van der Waals surface area contributed by atoms with E-state index >= 15 is 0 Å². The van der Waals surface area contributed by atoms with E-state index in [1.54, 1.807) is 0 Å². The van der Waals surface area contributed by atoms with Crippen LogP contribution in [-0.4, -0.2) is 8.42 Å². The number of anilines is 1. The Morgan fingerprint density at radius 1 is 1.38 bits per heavy atom. The molecule has 72 valence electrons. The van der Waals surface area contributed by atoms with Crippen molar-refractivity contribution < 1.29 is 12.8 Å². The van der Waals surface area contributed by atoms with Crippen LogP contribution in [0.2, 0.25) is 0 Å². The monoisotopic (exact) mass is 204 g/mol. The lowest BCUT2D eigenvalue weighted by molar-refractivity contribution is 0.484. The Labute approximate surface area is 75.4 Å². The number of sulfonamides is 1. The Bertz CT molecular complexity index is 417. The molecule has 0 fully saturated rings. The van der Waals surface area contributed by atoms with Crippen LogP contribution in [0.3, 0.4) is 0 Å². The topological polar surface area (TPSA) is 86.2 Å². The Morgan fingerprint density at radius 3 is 2.46 bits per heavy atom. The van der Waals surface area contributed by atoms with Crippen molar-refractivity contribution in [3.8, 4) is 0 Å². The van der Waals surface area contributed by atoms with E-state index in [9.17, 15) is 12.8 Å². The molecular weight excluding hydrogens is 195 g/mol. The summed E-state index contributed by atoms with van der Waals surface area (Å²) in [7, 11) is -3.86. The second kappa shape index (κ2) is 3.31. The van der Waals surface area contributed by atoms with E-state index in [0.29, 0.717) is 0 Å². The first-order valence-corrected chi connectivity index (χ1v) is 4.97. The van der Waals surface area contributed by atoms with E-state index in [1.807, 2.05) is 0 Å². The number of alkyl halides is 1. The van der Waals surface area contributed by atoms with Gasteiger partial charge in [0.15, 0.2) is 0 Å². The van der Waals surface area contributed by atoms with Crippen LogP contribution in [-0.2, 0) is 16.7 Å². The molecule has 4 N–H and O–H groups in total. The minimum Gasteiger partial charge on any atom is -0.398 e. The molecule has 6 heteroatoms. The molecule has 0 atom stereocenters. The molecule has 0 aliphatic heterocycles. The maximum Gasteiger partial charge on any atom is 0.240 e. The lowest BCUT2D eigenvalue weighted by atomic mass is 10.2. The third-order valence-corrected chi connectivity index (χ3v) is 2.51. The number of nitrogen functional groups attached to an aromatic ring is 1. The van der Waals surface area contributed by atoms with Gasteiger partial charge >= 0.3 is 0 Å². The smallest absolute Gasteiger partial charge is 0.240 e. The predicted octanol–water partition coefficient (Wildman–Crippen LogP) is 0.386. The normalized spacial score (nSPS) is 11.5. The van der Waals surface area contributed by atoms with E-state index in [2.05, 4.69) is 0 Å². The maximum absolute atomic E-state index is 12.1. The van der Waals surface area contributed by atoms with Crippen molar-refractivity contribution in [1.29, 1.82) is 0 Å². The summed E-state index contributed by atoms with van der Waals surface area (Å²) in [5, 5.41) is 4.85. The van der Waals surface area contributed by atoms with Gasteiger partial charge in [0.05, 0.1) is 5.69 Å². The summed E-state index contributed by atoms with van der Waals surface area (Å²) >= 11 is 0. The second-order valence-corrected chi connectivity index (χ2v) is 4.08. The SMILES string of the molecule is Nc1ccc(CF)cc1S(N)(=O)=O. The molecule has 0 saturated heterocycles. The zero-order valence-corrected chi connectivity index (χ0v) is 7.51. The lowest BCUT2D eigenvalue weighted by Gasteiger charge is -2.03. The molecule has 1 aromatic rings. The number of hydrogen-bond donors (Lipinski definition) is 2. The number of primary sulfonamides is 1. The zero-order valence-electron chi connectivity index (χ0n) is 6.70. The Kier molecular flexibility index (Phi) is 2.53. The number of rotatable bonds is 2. The molecule has 0 radical (unpaired) electrons. The van der Waals surface area contributed by atoms with Crippen molar-refractivity contribution in [2.45, 2.75) is 11.6 Å². The van der Waals surface area contributed by atoms with E-state index < -0.39 is 16.7 Å². The van der Waals surface area contributed by atoms with E-state index in [-0.39, 0.29) is 16.1 Å². The lowest BCUT2D eigenvalue weighted by Crippen LogP contribution is -2.14. The molecule has 0 amide bonds. The number of benzene rings is 1. The molecule has 1 aromatic carbocycles. The summed E-state index contributed by atoms with van der Waals surface area (Å²) in [6, 6.07) is 3.85. The summed E-state index contributed by atoms with van der Waals surface area (Å²) in [6.45, 7) is -0.747. The summed E-state index contributed by atoms with van der Waals surface area (Å²) in [6.07, 6.45) is 0. The first-order chi connectivity index (χ1) is 5.95. The highest BCUT2D eigenvalue weighted by Gasteiger charge is 2.12. The summed E-state index contributed by atoms with van der Waals surface area (Å²) in [5.41, 5.74) is 5.61. The minimum atomic E-state index is -3.86. The van der Waals surface area contributed by atoms with Gasteiger partial charge in [-0.15, -0.1) is 0 Å². The molecule has 4 nitrogen and oxygen atoms in total. The van der Waals surface area contributed by atoms with Crippen molar-refractivity contribution in [3.63, 3.8) is 0 Å². The first kappa shape index (κ1) is 9.94. The fraction of sp³-hybridized carbons (Fsp3) is 0.143. The van der Waals surface area contributed by atoms with Crippen molar-refractivity contribution in [2.75, 3.05) is 5.73 Å². The molecule has 0 aliphatic rings. The van der Waals surface area contributed by atoms with E-state index in [1.165, 1.54) is 12.1 Å². The average molecular weight is 204 g/mol. The highest BCUT2D eigenvalue weighted by atomic mass is 32.2. The van der Waals surface area contributed by atoms with Gasteiger partial charge in [0.1, 0.15) is 11.6 Å². The third kappa shape index (κ3) is 2.16. The third-order valence-electron chi connectivity index (χ3n) is 1.54. The molecular formula is C7H9FN2O2S. The number of nitrogens with two attached hydrogens (primary N) is 2. The molecule has 0 spiro atoms. The first-order valence-electron chi connectivity index (χ1n) is 3.42. The van der Waals surface area contributed by atoms with E-state index in [0.717, 1.165) is 6.07 Å². The molecule has 1 rings (SSSR count). The van der Waals surface area contributed by atoms with Gasteiger partial charge in [0, 0.05) is 0 Å². The summed E-state index contributed by atoms with van der Waals surface area (Å²) < 4.78 is 33.9. The highest BCUT2D eigenvalue weighted by molar-refractivity contribution is 7.89. The number of halogens is 1. The molecule has 0 heterocycles. The van der Waals surface area contributed by atoms with Gasteiger partial charge in [-0.2, -0.15) is 0 Å². The average Bonchev–Trinajstić information content (AvgIpc) is 2.03. The predicted molar refractivity (Wildman–Crippen MR) is 47.0 cm³/mol. The van der Waals surface area contributed by atoms with Crippen LogP contribution < -0.4 is 10.9 Å². The van der Waals surface area contributed by atoms with Gasteiger partial charge in [0.2, 0.25) is 10.0 Å². The largest absolute Gasteiger partial charge is 0.398 e. The summed E-state index contributed by atoms with van der Waals surface area (Å²) in [4.78, 5) is -0.234. The maximum atomic E-state index is 12.1. The fourth-order valence-corrected chi connectivity index (χ4v) is 1.62. The van der Waals surface area contributed by atoms with Gasteiger partial charge in [-0.1, -0.05) is 6.07 Å². The van der Waals surface area contributed by atoms with Crippen molar-refractivity contribution in [2.24, 2.45) is 5.14 Å². The van der Waals surface area contributed by atoms with Crippen LogP contribution in [0, 0.1) is 0 Å². The van der Waals surface area contributed by atoms with Gasteiger partial charge < -0.3 is 5.73 Å². The number of hydrogen-bond acceptors (Lipinski definition) is 3. The molecule has 0 aromatic heterocycles. The second-order valence-electron chi connectivity index (χ2n) is 2.55. The molecule has 13 heavy (non-hydrogen) atoms. The van der Waals surface area contributed by atoms with Crippen LogP contribution in [0.1, 0.15) is 5.56 Å². The highest BCUT2D eigenvalue weighted by Crippen LogP contribution is 2.18. The van der Waals surface area contributed by atoms with Crippen LogP contribution in [0.4, 0.5) is 10.1 Å². The van der Waals surface area contributed by atoms with Crippen LogP contribution in [0.15, 0.2) is 23.1 Å². The summed E-state index contributed by atoms with van der Waals surface area (Å²) in [5.74, 6) is 0. The molecule has 0 bridgehead atoms. The van der Waals surface area contributed by atoms with E-state index in [4.69, 9.17) is 10.9 Å². The fourth-order valence-electron chi connectivity index (χ4n) is 0.908. The Balaban J connectivity index is 3.36. The quantitative estimate of drug-likeness (QED) is 0.683. The van der Waals surface area contributed by atoms with Gasteiger partial charge in [-0.3, -0.25) is 0 Å². The van der Waals surface area contributed by atoms with Crippen molar-refractivity contribution in [1.82, 2.24) is 0 Å². The molecule has 0 aliphatic carbocycles. The standard InChI is InChI=1S/C7H9FN2O2S/c8-4-5-1-2-6(9)7(3-5)13(10,11)12/h1-3H,4,9H2,(H2,10,11,12). The molecule has 0 saturated carbocycles. The van der Waals surface area contributed by atoms with Crippen molar-refractivity contribution in [3.05, 3.63) is 23.8 Å². The minimum absolute atomic E-state index is 0.0275. The zero-order chi connectivity index (χ0) is 10.1. The molecule has 0 unspecified atom stereocenters. The van der Waals surface area contributed by atoms with Crippen molar-refractivity contribution >= 4 is 15.7 Å². The Morgan fingerprint density at radius 2 is 2.00 bits per heavy atom. The van der Waals surface area contributed by atoms with Gasteiger partial charge in [-0.25, -0.2) is 17.9 Å². The van der Waals surface area contributed by atoms with Gasteiger partial charge in [-0.05, 0) is 17.7 Å². The Hall–Kier alpha value is -1.14. The van der Waals surface area contributed by atoms with Crippen LogP contribution in [0.25, 0.3) is 0 Å². The van der Waals surface area contributed by atoms with Crippen LogP contribution in [0.5, 0.6) is 0 Å². The van der Waals surface area contributed by atoms with Crippen LogP contribution >= 0.6 is 0 Å². The van der Waals surface area contributed by atoms with Gasteiger partial charge in [0.25, 0.3) is 0 Å².